The van der Waals surface area contributed by atoms with Gasteiger partial charge in [-0.3, -0.25) is 4.79 Å². The molecule has 3 heterocycles. The first-order valence-corrected chi connectivity index (χ1v) is 10.5. The Bertz CT molecular complexity index is 1290. The SMILES string of the molecule is COc1ccccc1-c1c[nH]c2ncc(-c3ccc(O)c(C(=O)N4CCOCC4)c3)cc12. The van der Waals surface area contributed by atoms with Crippen LogP contribution in [0.4, 0.5) is 0 Å². The van der Waals surface area contributed by atoms with Gasteiger partial charge in [0.05, 0.1) is 25.9 Å². The van der Waals surface area contributed by atoms with Crippen LogP contribution in [0.2, 0.25) is 0 Å². The number of hydrogen-bond acceptors (Lipinski definition) is 5. The smallest absolute Gasteiger partial charge is 0.257 e. The van der Waals surface area contributed by atoms with Gasteiger partial charge in [-0.2, -0.15) is 0 Å². The van der Waals surface area contributed by atoms with E-state index in [-0.39, 0.29) is 17.2 Å². The zero-order valence-electron chi connectivity index (χ0n) is 17.7. The number of benzene rings is 2. The van der Waals surface area contributed by atoms with Crippen LogP contribution in [-0.2, 0) is 4.74 Å². The van der Waals surface area contributed by atoms with E-state index in [9.17, 15) is 9.90 Å². The molecule has 1 aliphatic rings. The second kappa shape index (κ2) is 8.36. The van der Waals surface area contributed by atoms with Crippen molar-refractivity contribution in [1.29, 1.82) is 0 Å². The fourth-order valence-corrected chi connectivity index (χ4v) is 4.07. The lowest BCUT2D eigenvalue weighted by Crippen LogP contribution is -2.40. The van der Waals surface area contributed by atoms with Crippen LogP contribution in [0.5, 0.6) is 11.5 Å². The summed E-state index contributed by atoms with van der Waals surface area (Å²) in [5.41, 5.74) is 4.65. The first kappa shape index (κ1) is 20.1. The second-order valence-electron chi connectivity index (χ2n) is 7.66. The summed E-state index contributed by atoms with van der Waals surface area (Å²) in [6.07, 6.45) is 3.68. The van der Waals surface area contributed by atoms with E-state index in [1.165, 1.54) is 0 Å². The summed E-state index contributed by atoms with van der Waals surface area (Å²) in [5.74, 6) is 0.551. The Morgan fingerprint density at radius 3 is 2.72 bits per heavy atom. The number of amides is 1. The highest BCUT2D eigenvalue weighted by molar-refractivity contribution is 6.00. The Labute approximate surface area is 185 Å². The number of fused-ring (bicyclic) bond motifs is 1. The summed E-state index contributed by atoms with van der Waals surface area (Å²) in [6.45, 7) is 2.04. The fraction of sp³-hybridized carbons (Fsp3) is 0.200. The largest absolute Gasteiger partial charge is 0.507 e. The maximum absolute atomic E-state index is 13.0. The minimum Gasteiger partial charge on any atom is -0.507 e. The minimum atomic E-state index is -0.196. The number of methoxy groups -OCH3 is 1. The van der Waals surface area contributed by atoms with Gasteiger partial charge in [0.2, 0.25) is 0 Å². The van der Waals surface area contributed by atoms with Crippen molar-refractivity contribution in [1.82, 2.24) is 14.9 Å². The molecule has 0 aliphatic carbocycles. The average molecular weight is 429 g/mol. The van der Waals surface area contributed by atoms with E-state index >= 15 is 0 Å². The van der Waals surface area contributed by atoms with Crippen LogP contribution in [0.15, 0.2) is 60.9 Å². The maximum atomic E-state index is 13.0. The summed E-state index contributed by atoms with van der Waals surface area (Å²) in [5, 5.41) is 11.3. The quantitative estimate of drug-likeness (QED) is 0.510. The molecule has 7 nitrogen and oxygen atoms in total. The third-order valence-corrected chi connectivity index (χ3v) is 5.79. The molecule has 1 aliphatic heterocycles. The van der Waals surface area contributed by atoms with Crippen LogP contribution in [0.3, 0.4) is 0 Å². The predicted molar refractivity (Wildman–Crippen MR) is 122 cm³/mol. The van der Waals surface area contributed by atoms with E-state index in [2.05, 4.69) is 9.97 Å². The zero-order valence-corrected chi connectivity index (χ0v) is 17.7. The summed E-state index contributed by atoms with van der Waals surface area (Å²) in [4.78, 5) is 22.5. The van der Waals surface area contributed by atoms with E-state index < -0.39 is 0 Å². The molecule has 2 N–H and O–H groups in total. The Morgan fingerprint density at radius 2 is 1.91 bits per heavy atom. The summed E-state index contributed by atoms with van der Waals surface area (Å²) < 4.78 is 10.9. The molecule has 2 aromatic carbocycles. The van der Waals surface area contributed by atoms with Gasteiger partial charge in [0.15, 0.2) is 0 Å². The molecule has 2 aromatic heterocycles. The number of H-pyrrole nitrogens is 1. The highest BCUT2D eigenvalue weighted by atomic mass is 16.5. The Hall–Kier alpha value is -3.84. The number of nitrogens with one attached hydrogen (secondary N) is 1. The van der Waals surface area contributed by atoms with Crippen molar-refractivity contribution in [2.45, 2.75) is 0 Å². The molecule has 0 bridgehead atoms. The predicted octanol–water partition coefficient (Wildman–Crippen LogP) is 4.08. The molecule has 4 aromatic rings. The standard InChI is InChI=1S/C25H23N3O4/c1-31-23-5-3-2-4-18(23)21-15-27-24-19(21)13-17(14-26-24)16-6-7-22(29)20(12-16)25(30)28-8-10-32-11-9-28/h2-7,12-15,29H,8-11H2,1H3,(H,26,27). The molecule has 0 atom stereocenters. The number of morpholine rings is 1. The van der Waals surface area contributed by atoms with Crippen LogP contribution < -0.4 is 4.74 Å². The van der Waals surface area contributed by atoms with Crippen molar-refractivity contribution in [3.05, 3.63) is 66.5 Å². The van der Waals surface area contributed by atoms with E-state index in [0.29, 0.717) is 26.3 Å². The number of pyridine rings is 1. The highest BCUT2D eigenvalue weighted by Gasteiger charge is 2.22. The van der Waals surface area contributed by atoms with Crippen molar-refractivity contribution >= 4 is 16.9 Å². The van der Waals surface area contributed by atoms with Crippen LogP contribution in [-0.4, -0.2) is 59.3 Å². The third kappa shape index (κ3) is 3.56. The zero-order chi connectivity index (χ0) is 22.1. The van der Waals surface area contributed by atoms with Crippen LogP contribution in [0.1, 0.15) is 10.4 Å². The Kier molecular flexibility index (Phi) is 5.25. The van der Waals surface area contributed by atoms with Crippen LogP contribution >= 0.6 is 0 Å². The average Bonchev–Trinajstić information content (AvgIpc) is 3.27. The number of para-hydroxylation sites is 1. The number of aromatic amines is 1. The number of phenols is 1. The van der Waals surface area contributed by atoms with Gasteiger partial charge < -0.3 is 24.5 Å². The number of phenolic OH excluding ortho intramolecular Hbond substituents is 1. The monoisotopic (exact) mass is 429 g/mol. The number of rotatable bonds is 4. The molecular weight excluding hydrogens is 406 g/mol. The molecule has 162 valence electrons. The van der Waals surface area contributed by atoms with Crippen LogP contribution in [0, 0.1) is 0 Å². The first-order valence-electron chi connectivity index (χ1n) is 10.5. The number of nitrogens with zero attached hydrogens (tertiary/aromatic N) is 2. The molecule has 0 radical (unpaired) electrons. The van der Waals surface area contributed by atoms with Crippen molar-refractivity contribution in [2.24, 2.45) is 0 Å². The number of carbonyl (C=O) groups is 1. The molecule has 0 unspecified atom stereocenters. The molecule has 1 fully saturated rings. The number of aromatic hydroxyl groups is 1. The van der Waals surface area contributed by atoms with Gasteiger partial charge in [0, 0.05) is 47.6 Å². The fourth-order valence-electron chi connectivity index (χ4n) is 4.07. The Balaban J connectivity index is 1.56. The first-order chi connectivity index (χ1) is 15.7. The van der Waals surface area contributed by atoms with Crippen molar-refractivity contribution in [3.8, 4) is 33.8 Å². The number of carbonyl (C=O) groups excluding carboxylic acids is 1. The van der Waals surface area contributed by atoms with Gasteiger partial charge in [0.1, 0.15) is 17.1 Å². The number of aromatic nitrogens is 2. The lowest BCUT2D eigenvalue weighted by Gasteiger charge is -2.27. The molecular formula is C25H23N3O4. The third-order valence-electron chi connectivity index (χ3n) is 5.79. The summed E-state index contributed by atoms with van der Waals surface area (Å²) >= 11 is 0. The molecule has 5 rings (SSSR count). The molecule has 0 spiro atoms. The maximum Gasteiger partial charge on any atom is 0.257 e. The van der Waals surface area contributed by atoms with Crippen molar-refractivity contribution in [2.75, 3.05) is 33.4 Å². The van der Waals surface area contributed by atoms with Crippen molar-refractivity contribution < 1.29 is 19.4 Å². The molecule has 7 heteroatoms. The van der Waals surface area contributed by atoms with Gasteiger partial charge in [-0.1, -0.05) is 24.3 Å². The lowest BCUT2D eigenvalue weighted by molar-refractivity contribution is 0.0301. The summed E-state index contributed by atoms with van der Waals surface area (Å²) in [7, 11) is 1.65. The minimum absolute atomic E-state index is 0.0318. The molecule has 1 saturated heterocycles. The van der Waals surface area contributed by atoms with Crippen molar-refractivity contribution in [3.63, 3.8) is 0 Å². The molecule has 0 saturated carbocycles. The van der Waals surface area contributed by atoms with Gasteiger partial charge in [0.25, 0.3) is 5.91 Å². The van der Waals surface area contributed by atoms with Gasteiger partial charge in [-0.15, -0.1) is 0 Å². The number of ether oxygens (including phenoxy) is 2. The topological polar surface area (TPSA) is 87.7 Å². The second-order valence-corrected chi connectivity index (χ2v) is 7.66. The lowest BCUT2D eigenvalue weighted by atomic mass is 10.00. The summed E-state index contributed by atoms with van der Waals surface area (Å²) in [6, 6.07) is 15.0. The van der Waals surface area contributed by atoms with Gasteiger partial charge in [-0.05, 0) is 29.8 Å². The van der Waals surface area contributed by atoms with E-state index in [0.717, 1.165) is 39.0 Å². The van der Waals surface area contributed by atoms with Gasteiger partial charge >= 0.3 is 0 Å². The molecule has 1 amide bonds. The highest BCUT2D eigenvalue weighted by Crippen LogP contribution is 2.36. The van der Waals surface area contributed by atoms with E-state index in [1.807, 2.05) is 36.5 Å². The van der Waals surface area contributed by atoms with E-state index in [4.69, 9.17) is 9.47 Å². The molecule has 32 heavy (non-hydrogen) atoms. The van der Waals surface area contributed by atoms with E-state index in [1.54, 1.807) is 36.4 Å². The number of hydrogen-bond donors (Lipinski definition) is 2. The van der Waals surface area contributed by atoms with Crippen LogP contribution in [0.25, 0.3) is 33.3 Å². The normalized spacial score (nSPS) is 14.0. The Morgan fingerprint density at radius 1 is 1.09 bits per heavy atom. The van der Waals surface area contributed by atoms with Gasteiger partial charge in [-0.25, -0.2) is 4.98 Å².